The van der Waals surface area contributed by atoms with Crippen LogP contribution in [0.1, 0.15) is 32.6 Å². The summed E-state index contributed by atoms with van der Waals surface area (Å²) in [5.41, 5.74) is 0. The Morgan fingerprint density at radius 3 is 2.42 bits per heavy atom. The second kappa shape index (κ2) is 10.0. The van der Waals surface area contributed by atoms with Gasteiger partial charge in [0.05, 0.1) is 19.7 Å². The lowest BCUT2D eigenvalue weighted by molar-refractivity contribution is -0.134. The highest BCUT2D eigenvalue weighted by Gasteiger charge is 2.27. The van der Waals surface area contributed by atoms with E-state index in [-0.39, 0.29) is 19.7 Å². The summed E-state index contributed by atoms with van der Waals surface area (Å²) in [4.78, 5) is 13.1. The summed E-state index contributed by atoms with van der Waals surface area (Å²) in [6.07, 6.45) is -0.404. The Balaban J connectivity index is 3.96. The van der Waals surface area contributed by atoms with Gasteiger partial charge in [-0.1, -0.05) is 26.2 Å². The zero-order valence-corrected chi connectivity index (χ0v) is 11.3. The number of carbonyl (C=O) groups is 1. The zero-order chi connectivity index (χ0) is 14.7. The van der Waals surface area contributed by atoms with E-state index in [1.807, 2.05) is 0 Å². The highest BCUT2D eigenvalue weighted by Crippen LogP contribution is 2.12. The molecule has 0 rings (SSSR count). The van der Waals surface area contributed by atoms with Gasteiger partial charge in [-0.05, 0) is 6.42 Å². The van der Waals surface area contributed by atoms with Crippen LogP contribution >= 0.6 is 0 Å². The molecule has 0 aromatic rings. The van der Waals surface area contributed by atoms with Crippen LogP contribution in [-0.4, -0.2) is 54.9 Å². The third-order valence-corrected chi connectivity index (χ3v) is 2.61. The van der Waals surface area contributed by atoms with E-state index in [4.69, 9.17) is 5.11 Å². The number of nitrogens with zero attached hydrogens (tertiary/aromatic N) is 1. The number of aliphatic hydroxyl groups is 1. The van der Waals surface area contributed by atoms with E-state index in [1.165, 1.54) is 4.90 Å². The molecule has 0 aliphatic heterocycles. The lowest BCUT2D eigenvalue weighted by Crippen LogP contribution is -2.42. The van der Waals surface area contributed by atoms with Crippen molar-refractivity contribution in [1.29, 1.82) is 0 Å². The summed E-state index contributed by atoms with van der Waals surface area (Å²) in [7, 11) is 0. The standard InChI is InChI=1S/C12H23F3N2O2/c1-2-3-4-5-6-17(7-8-18)11(19)9-16-10-12(13,14)15/h16,18H,2-10H2,1H3. The minimum absolute atomic E-state index is 0.165. The number of carbonyl (C=O) groups excluding carboxylic acids is 1. The smallest absolute Gasteiger partial charge is 0.395 e. The fourth-order valence-electron chi connectivity index (χ4n) is 1.63. The molecular weight excluding hydrogens is 261 g/mol. The van der Waals surface area contributed by atoms with E-state index in [9.17, 15) is 18.0 Å². The average molecular weight is 284 g/mol. The van der Waals surface area contributed by atoms with Gasteiger partial charge in [0.2, 0.25) is 5.91 Å². The molecule has 2 N–H and O–H groups in total. The molecule has 7 heteroatoms. The maximum Gasteiger partial charge on any atom is 0.401 e. The molecule has 1 amide bonds. The van der Waals surface area contributed by atoms with Gasteiger partial charge in [0.25, 0.3) is 0 Å². The summed E-state index contributed by atoms with van der Waals surface area (Å²) in [6, 6.07) is 0. The maximum atomic E-state index is 11.9. The van der Waals surface area contributed by atoms with Crippen LogP contribution in [0.15, 0.2) is 0 Å². The first kappa shape index (κ1) is 18.2. The minimum Gasteiger partial charge on any atom is -0.395 e. The normalized spacial score (nSPS) is 11.6. The van der Waals surface area contributed by atoms with Crippen molar-refractivity contribution in [2.45, 2.75) is 38.8 Å². The number of alkyl halides is 3. The first-order valence-electron chi connectivity index (χ1n) is 6.56. The van der Waals surface area contributed by atoms with Crippen LogP contribution in [0.3, 0.4) is 0 Å². The van der Waals surface area contributed by atoms with Gasteiger partial charge in [-0.2, -0.15) is 13.2 Å². The lowest BCUT2D eigenvalue weighted by Gasteiger charge is -2.22. The summed E-state index contributed by atoms with van der Waals surface area (Å²) in [5, 5.41) is 10.9. The van der Waals surface area contributed by atoms with E-state index in [0.29, 0.717) is 6.54 Å². The van der Waals surface area contributed by atoms with E-state index in [0.717, 1.165) is 25.7 Å². The number of hydrogen-bond donors (Lipinski definition) is 2. The van der Waals surface area contributed by atoms with E-state index in [2.05, 4.69) is 12.2 Å². The largest absolute Gasteiger partial charge is 0.401 e. The van der Waals surface area contributed by atoms with Gasteiger partial charge in [0, 0.05) is 13.1 Å². The summed E-state index contributed by atoms with van der Waals surface area (Å²) >= 11 is 0. The van der Waals surface area contributed by atoms with Crippen molar-refractivity contribution >= 4 is 5.91 Å². The van der Waals surface area contributed by atoms with Crippen molar-refractivity contribution in [3.05, 3.63) is 0 Å². The summed E-state index contributed by atoms with van der Waals surface area (Å²) < 4.78 is 35.7. The number of rotatable bonds is 10. The van der Waals surface area contributed by atoms with Crippen molar-refractivity contribution in [1.82, 2.24) is 10.2 Å². The van der Waals surface area contributed by atoms with Gasteiger partial charge < -0.3 is 15.3 Å². The third kappa shape index (κ3) is 10.8. The van der Waals surface area contributed by atoms with Crippen LogP contribution in [0.5, 0.6) is 0 Å². The molecule has 4 nitrogen and oxygen atoms in total. The van der Waals surface area contributed by atoms with Crippen molar-refractivity contribution in [3.63, 3.8) is 0 Å². The number of amides is 1. The fraction of sp³-hybridized carbons (Fsp3) is 0.917. The first-order valence-corrected chi connectivity index (χ1v) is 6.56. The van der Waals surface area contributed by atoms with Gasteiger partial charge in [0.1, 0.15) is 0 Å². The Bertz CT molecular complexity index is 248. The molecule has 0 saturated carbocycles. The molecule has 0 spiro atoms. The Morgan fingerprint density at radius 2 is 1.89 bits per heavy atom. The van der Waals surface area contributed by atoms with Crippen molar-refractivity contribution in [3.8, 4) is 0 Å². The Labute approximate surface area is 112 Å². The van der Waals surface area contributed by atoms with Crippen molar-refractivity contribution in [2.75, 3.05) is 32.8 Å². The molecule has 0 unspecified atom stereocenters. The zero-order valence-electron chi connectivity index (χ0n) is 11.3. The van der Waals surface area contributed by atoms with Crippen molar-refractivity contribution < 1.29 is 23.1 Å². The molecule has 114 valence electrons. The molecule has 0 bridgehead atoms. The summed E-state index contributed by atoms with van der Waals surface area (Å²) in [5.74, 6) is -0.408. The number of hydrogen-bond acceptors (Lipinski definition) is 3. The predicted molar refractivity (Wildman–Crippen MR) is 66.7 cm³/mol. The molecule has 19 heavy (non-hydrogen) atoms. The number of nitrogens with one attached hydrogen (secondary N) is 1. The minimum atomic E-state index is -4.32. The van der Waals surface area contributed by atoms with Gasteiger partial charge in [-0.15, -0.1) is 0 Å². The fourth-order valence-corrected chi connectivity index (χ4v) is 1.63. The molecule has 0 radical (unpaired) electrons. The molecule has 0 atom stereocenters. The van der Waals surface area contributed by atoms with E-state index < -0.39 is 18.6 Å². The average Bonchev–Trinajstić information content (AvgIpc) is 2.31. The van der Waals surface area contributed by atoms with Crippen LogP contribution in [0, 0.1) is 0 Å². The third-order valence-electron chi connectivity index (χ3n) is 2.61. The van der Waals surface area contributed by atoms with Gasteiger partial charge in [-0.25, -0.2) is 0 Å². The molecule has 0 aliphatic rings. The Hall–Kier alpha value is -0.820. The van der Waals surface area contributed by atoms with Gasteiger partial charge in [0.15, 0.2) is 0 Å². The molecule has 0 aromatic carbocycles. The molecule has 0 aliphatic carbocycles. The second-order valence-electron chi connectivity index (χ2n) is 4.38. The Morgan fingerprint density at radius 1 is 1.21 bits per heavy atom. The summed E-state index contributed by atoms with van der Waals surface area (Å²) in [6.45, 7) is 0.997. The number of aliphatic hydroxyl groups excluding tert-OH is 1. The lowest BCUT2D eigenvalue weighted by atomic mass is 10.2. The Kier molecular flexibility index (Phi) is 9.59. The highest BCUT2D eigenvalue weighted by atomic mass is 19.4. The highest BCUT2D eigenvalue weighted by molar-refractivity contribution is 5.78. The number of unbranched alkanes of at least 4 members (excludes halogenated alkanes) is 3. The van der Waals surface area contributed by atoms with Crippen LogP contribution in [-0.2, 0) is 4.79 Å². The topological polar surface area (TPSA) is 52.6 Å². The molecule has 0 aromatic heterocycles. The van der Waals surface area contributed by atoms with Crippen molar-refractivity contribution in [2.24, 2.45) is 0 Å². The molecule has 0 heterocycles. The van der Waals surface area contributed by atoms with Crippen LogP contribution in [0.2, 0.25) is 0 Å². The monoisotopic (exact) mass is 284 g/mol. The molecular formula is C12H23F3N2O2. The van der Waals surface area contributed by atoms with Gasteiger partial charge >= 0.3 is 6.18 Å². The predicted octanol–water partition coefficient (Wildman–Crippen LogP) is 1.54. The molecule has 0 saturated heterocycles. The van der Waals surface area contributed by atoms with E-state index in [1.54, 1.807) is 0 Å². The quantitative estimate of drug-likeness (QED) is 0.598. The van der Waals surface area contributed by atoms with Crippen LogP contribution < -0.4 is 5.32 Å². The van der Waals surface area contributed by atoms with Crippen LogP contribution in [0.4, 0.5) is 13.2 Å². The SMILES string of the molecule is CCCCCCN(CCO)C(=O)CNCC(F)(F)F. The first-order chi connectivity index (χ1) is 8.90. The molecule has 0 fully saturated rings. The van der Waals surface area contributed by atoms with Crippen LogP contribution in [0.25, 0.3) is 0 Å². The maximum absolute atomic E-state index is 11.9. The van der Waals surface area contributed by atoms with Gasteiger partial charge in [-0.3, -0.25) is 4.79 Å². The number of halogens is 3. The second-order valence-corrected chi connectivity index (χ2v) is 4.38. The van der Waals surface area contributed by atoms with E-state index >= 15 is 0 Å².